The molecule has 0 bridgehead atoms. The second kappa shape index (κ2) is 5.55. The maximum atomic E-state index is 12.2. The molecule has 0 saturated carbocycles. The lowest BCUT2D eigenvalue weighted by atomic mass is 9.76. The van der Waals surface area contributed by atoms with Crippen molar-refractivity contribution in [2.45, 2.75) is 26.2 Å². The van der Waals surface area contributed by atoms with Crippen LogP contribution in [0.4, 0.5) is 5.88 Å². The molecule has 0 aliphatic carbocycles. The van der Waals surface area contributed by atoms with Crippen LogP contribution >= 0.6 is 0 Å². The lowest BCUT2D eigenvalue weighted by Gasteiger charge is -2.37. The van der Waals surface area contributed by atoms with E-state index < -0.39 is 28.1 Å². The highest BCUT2D eigenvalue weighted by Crippen LogP contribution is 2.35. The van der Waals surface area contributed by atoms with E-state index in [0.29, 0.717) is 32.4 Å². The zero-order valence-corrected chi connectivity index (χ0v) is 11.6. The maximum Gasteiger partial charge on any atom is 0.433 e. The molecule has 114 valence electrons. The van der Waals surface area contributed by atoms with Gasteiger partial charge in [0.05, 0.1) is 11.5 Å². The fourth-order valence-electron chi connectivity index (χ4n) is 2.55. The van der Waals surface area contributed by atoms with Crippen molar-refractivity contribution in [3.05, 3.63) is 28.0 Å². The van der Waals surface area contributed by atoms with E-state index in [4.69, 9.17) is 4.42 Å². The summed E-state index contributed by atoms with van der Waals surface area (Å²) in [6.07, 6.45) is 1.25. The van der Waals surface area contributed by atoms with Crippen LogP contribution in [0.25, 0.3) is 0 Å². The number of amides is 1. The zero-order chi connectivity index (χ0) is 15.6. The highest BCUT2D eigenvalue weighted by atomic mass is 16.6. The van der Waals surface area contributed by atoms with Crippen LogP contribution in [0.1, 0.15) is 36.7 Å². The van der Waals surface area contributed by atoms with Gasteiger partial charge in [0.25, 0.3) is 5.91 Å². The molecule has 2 rings (SSSR count). The Labute approximate surface area is 120 Å². The van der Waals surface area contributed by atoms with Crippen LogP contribution in [0.3, 0.4) is 0 Å². The number of carbonyl (C=O) groups is 2. The van der Waals surface area contributed by atoms with Gasteiger partial charge >= 0.3 is 11.9 Å². The van der Waals surface area contributed by atoms with Crippen molar-refractivity contribution in [3.8, 4) is 0 Å². The van der Waals surface area contributed by atoms with Crippen LogP contribution in [0, 0.1) is 15.5 Å². The van der Waals surface area contributed by atoms with Crippen LogP contribution in [0.2, 0.25) is 0 Å². The SMILES string of the molecule is CCC1(C(=O)O)CCN(C(=O)c2ccc([N+](=O)[O-])o2)CC1. The number of piperidine rings is 1. The minimum Gasteiger partial charge on any atom is -0.481 e. The Morgan fingerprint density at radius 3 is 2.48 bits per heavy atom. The molecule has 8 heteroatoms. The van der Waals surface area contributed by atoms with Gasteiger partial charge in [-0.1, -0.05) is 6.92 Å². The summed E-state index contributed by atoms with van der Waals surface area (Å²) in [6.45, 7) is 2.42. The Bertz CT molecular complexity index is 571. The van der Waals surface area contributed by atoms with E-state index in [0.717, 1.165) is 6.07 Å². The number of carbonyl (C=O) groups excluding carboxylic acids is 1. The van der Waals surface area contributed by atoms with Gasteiger partial charge in [0, 0.05) is 13.1 Å². The molecule has 0 radical (unpaired) electrons. The molecule has 1 aliphatic rings. The van der Waals surface area contributed by atoms with E-state index in [1.54, 1.807) is 0 Å². The van der Waals surface area contributed by atoms with Gasteiger partial charge in [-0.05, 0) is 25.3 Å². The summed E-state index contributed by atoms with van der Waals surface area (Å²) in [6, 6.07) is 2.39. The molecule has 1 N–H and O–H groups in total. The standard InChI is InChI=1S/C13H16N2O6/c1-2-13(12(17)18)5-7-14(8-6-13)11(16)9-3-4-10(21-9)15(19)20/h3-4H,2,5-8H2,1H3,(H,17,18). The Kier molecular flexibility index (Phi) is 3.97. The molecule has 1 saturated heterocycles. The molecule has 0 spiro atoms. The van der Waals surface area contributed by atoms with Crippen LogP contribution < -0.4 is 0 Å². The van der Waals surface area contributed by atoms with Crippen LogP contribution in [-0.2, 0) is 4.79 Å². The van der Waals surface area contributed by atoms with Crippen molar-refractivity contribution >= 4 is 17.8 Å². The molecule has 0 aromatic carbocycles. The average Bonchev–Trinajstić information content (AvgIpc) is 2.96. The van der Waals surface area contributed by atoms with Gasteiger partial charge in [-0.15, -0.1) is 0 Å². The summed E-state index contributed by atoms with van der Waals surface area (Å²) in [7, 11) is 0. The molecule has 21 heavy (non-hydrogen) atoms. The average molecular weight is 296 g/mol. The summed E-state index contributed by atoms with van der Waals surface area (Å²) < 4.78 is 4.88. The number of carboxylic acids is 1. The quantitative estimate of drug-likeness (QED) is 0.670. The number of hydrogen-bond acceptors (Lipinski definition) is 5. The van der Waals surface area contributed by atoms with Crippen molar-refractivity contribution in [1.82, 2.24) is 4.90 Å². The van der Waals surface area contributed by atoms with E-state index >= 15 is 0 Å². The minimum absolute atomic E-state index is 0.0963. The summed E-state index contributed by atoms with van der Waals surface area (Å²) in [5.41, 5.74) is -0.786. The largest absolute Gasteiger partial charge is 0.481 e. The third-order valence-corrected chi connectivity index (χ3v) is 4.12. The Hall–Kier alpha value is -2.38. The number of furan rings is 1. The highest BCUT2D eigenvalue weighted by Gasteiger charge is 2.41. The normalized spacial score (nSPS) is 17.5. The van der Waals surface area contributed by atoms with Gasteiger partial charge < -0.3 is 14.4 Å². The van der Waals surface area contributed by atoms with Crippen LogP contribution in [0.5, 0.6) is 0 Å². The number of hydrogen-bond donors (Lipinski definition) is 1. The zero-order valence-electron chi connectivity index (χ0n) is 11.6. The molecule has 0 atom stereocenters. The molecule has 8 nitrogen and oxygen atoms in total. The van der Waals surface area contributed by atoms with Gasteiger partial charge in [-0.2, -0.15) is 0 Å². The number of likely N-dealkylation sites (tertiary alicyclic amines) is 1. The number of nitro groups is 1. The van der Waals surface area contributed by atoms with E-state index in [1.807, 2.05) is 6.92 Å². The number of carboxylic acid groups (broad SMARTS) is 1. The van der Waals surface area contributed by atoms with E-state index in [2.05, 4.69) is 0 Å². The monoisotopic (exact) mass is 296 g/mol. The maximum absolute atomic E-state index is 12.2. The first kappa shape index (κ1) is 15.0. The first-order valence-corrected chi connectivity index (χ1v) is 6.66. The Balaban J connectivity index is 2.06. The number of aliphatic carboxylic acids is 1. The van der Waals surface area contributed by atoms with Crippen molar-refractivity contribution < 1.29 is 24.0 Å². The van der Waals surface area contributed by atoms with E-state index in [9.17, 15) is 24.8 Å². The molecule has 0 unspecified atom stereocenters. The van der Waals surface area contributed by atoms with Crippen molar-refractivity contribution in [2.24, 2.45) is 5.41 Å². The summed E-state index contributed by atoms with van der Waals surface area (Å²) in [5.74, 6) is -1.87. The number of nitrogens with zero attached hydrogens (tertiary/aromatic N) is 2. The van der Waals surface area contributed by atoms with Gasteiger partial charge in [0.15, 0.2) is 5.76 Å². The third-order valence-electron chi connectivity index (χ3n) is 4.12. The smallest absolute Gasteiger partial charge is 0.433 e. The van der Waals surface area contributed by atoms with Gasteiger partial charge in [0.2, 0.25) is 0 Å². The summed E-state index contributed by atoms with van der Waals surface area (Å²) in [5, 5.41) is 19.8. The lowest BCUT2D eigenvalue weighted by Crippen LogP contribution is -2.46. The lowest BCUT2D eigenvalue weighted by molar-refractivity contribution is -0.402. The van der Waals surface area contributed by atoms with Crippen molar-refractivity contribution in [3.63, 3.8) is 0 Å². The predicted molar refractivity (Wildman–Crippen MR) is 70.9 cm³/mol. The molecule has 1 fully saturated rings. The third kappa shape index (κ3) is 2.74. The Morgan fingerprint density at radius 2 is 2.05 bits per heavy atom. The minimum atomic E-state index is -0.842. The van der Waals surface area contributed by atoms with Crippen LogP contribution in [0.15, 0.2) is 16.5 Å². The molecule has 1 aliphatic heterocycles. The second-order valence-electron chi connectivity index (χ2n) is 5.13. The fourth-order valence-corrected chi connectivity index (χ4v) is 2.55. The highest BCUT2D eigenvalue weighted by molar-refractivity contribution is 5.92. The number of rotatable bonds is 4. The Morgan fingerprint density at radius 1 is 1.43 bits per heavy atom. The van der Waals surface area contributed by atoms with Gasteiger partial charge in [-0.25, -0.2) is 0 Å². The predicted octanol–water partition coefficient (Wildman–Crippen LogP) is 1.90. The van der Waals surface area contributed by atoms with Gasteiger partial charge in [0.1, 0.15) is 4.92 Å². The van der Waals surface area contributed by atoms with Crippen LogP contribution in [-0.4, -0.2) is 39.9 Å². The molecular weight excluding hydrogens is 280 g/mol. The fraction of sp³-hybridized carbons (Fsp3) is 0.538. The van der Waals surface area contributed by atoms with E-state index in [1.165, 1.54) is 11.0 Å². The van der Waals surface area contributed by atoms with Crippen molar-refractivity contribution in [1.29, 1.82) is 0 Å². The second-order valence-corrected chi connectivity index (χ2v) is 5.13. The summed E-state index contributed by atoms with van der Waals surface area (Å²) >= 11 is 0. The van der Waals surface area contributed by atoms with E-state index in [-0.39, 0.29) is 5.76 Å². The first-order valence-electron chi connectivity index (χ1n) is 6.66. The summed E-state index contributed by atoms with van der Waals surface area (Å²) in [4.78, 5) is 34.8. The molecule has 1 aromatic heterocycles. The molecule has 1 aromatic rings. The molecular formula is C13H16N2O6. The van der Waals surface area contributed by atoms with Gasteiger partial charge in [-0.3, -0.25) is 19.7 Å². The topological polar surface area (TPSA) is 114 Å². The molecule has 2 heterocycles. The molecule has 1 amide bonds. The van der Waals surface area contributed by atoms with Crippen molar-refractivity contribution in [2.75, 3.05) is 13.1 Å². The first-order chi connectivity index (χ1) is 9.89.